The Morgan fingerprint density at radius 3 is 2.57 bits per heavy atom. The number of carbonyl (C=O) groups is 2. The second-order valence-electron chi connectivity index (χ2n) is 12.2. The third kappa shape index (κ3) is 5.56. The molecule has 10 heteroatoms. The van der Waals surface area contributed by atoms with Crippen molar-refractivity contribution in [3.8, 4) is 17.1 Å². The molecule has 1 aliphatic rings. The van der Waals surface area contributed by atoms with E-state index >= 15 is 0 Å². The molecule has 0 radical (unpaired) electrons. The summed E-state index contributed by atoms with van der Waals surface area (Å²) >= 11 is 0. The third-order valence-electron chi connectivity index (χ3n) is 8.70. The fourth-order valence-electron chi connectivity index (χ4n) is 6.64. The van der Waals surface area contributed by atoms with Gasteiger partial charge in [0.1, 0.15) is 17.7 Å². The topological polar surface area (TPSA) is 118 Å². The van der Waals surface area contributed by atoms with Crippen LogP contribution in [0.25, 0.3) is 49.9 Å². The second-order valence-corrected chi connectivity index (χ2v) is 12.2. The van der Waals surface area contributed by atoms with Crippen molar-refractivity contribution in [3.63, 3.8) is 0 Å². The standard InChI is InChI=1S/C36H35FN6O3/c1-42(2)20-33(44)46-24-14-11-22(12-15-24)39-29-19-23(13-16-25(29)35(38)45)43-31-8-4-3-6-26(31)34-27(7-5-9-32(34)43)36-40-28-17-10-21(37)18-30(28)41-36/h3-10,13,16-19,22,24,39H,11-12,14-15,20H2,1-2H3,(H2,38,45)(H,40,41). The molecule has 2 heterocycles. The summed E-state index contributed by atoms with van der Waals surface area (Å²) in [6, 6.07) is 24.5. The predicted octanol–water partition coefficient (Wildman–Crippen LogP) is 6.39. The number of benzene rings is 4. The highest BCUT2D eigenvalue weighted by atomic mass is 19.1. The van der Waals surface area contributed by atoms with E-state index in [-0.39, 0.29) is 30.5 Å². The SMILES string of the molecule is CN(C)CC(=O)OC1CCC(Nc2cc(-n3c4ccccc4c4c(-c5nc6ccc(F)cc6[nH]5)cccc43)ccc2C(N)=O)CC1. The minimum absolute atomic E-state index is 0.0971. The first-order valence-corrected chi connectivity index (χ1v) is 15.5. The van der Waals surface area contributed by atoms with Crippen LogP contribution in [0.15, 0.2) is 78.9 Å². The third-order valence-corrected chi connectivity index (χ3v) is 8.70. The van der Waals surface area contributed by atoms with Gasteiger partial charge in [0.05, 0.1) is 34.2 Å². The van der Waals surface area contributed by atoms with Crippen LogP contribution in [0.3, 0.4) is 0 Å². The van der Waals surface area contributed by atoms with Crippen LogP contribution in [0.4, 0.5) is 10.1 Å². The Labute approximate surface area is 265 Å². The molecule has 1 amide bonds. The van der Waals surface area contributed by atoms with Crippen LogP contribution in [0.2, 0.25) is 0 Å². The van der Waals surface area contributed by atoms with Gasteiger partial charge in [-0.1, -0.05) is 30.3 Å². The molecule has 6 aromatic rings. The highest BCUT2D eigenvalue weighted by Crippen LogP contribution is 2.39. The molecule has 7 rings (SSSR count). The molecule has 1 saturated carbocycles. The summed E-state index contributed by atoms with van der Waals surface area (Å²) in [6.45, 7) is 0.259. The van der Waals surface area contributed by atoms with E-state index in [2.05, 4.69) is 33.1 Å². The summed E-state index contributed by atoms with van der Waals surface area (Å²) in [5, 5.41) is 5.63. The van der Waals surface area contributed by atoms with E-state index in [4.69, 9.17) is 15.5 Å². The number of rotatable bonds is 8. The molecule has 234 valence electrons. The summed E-state index contributed by atoms with van der Waals surface area (Å²) in [5.74, 6) is -0.388. The van der Waals surface area contributed by atoms with Crippen molar-refractivity contribution in [1.82, 2.24) is 19.4 Å². The van der Waals surface area contributed by atoms with E-state index in [1.54, 1.807) is 17.0 Å². The van der Waals surface area contributed by atoms with Crippen LogP contribution in [0.5, 0.6) is 0 Å². The van der Waals surface area contributed by atoms with E-state index in [0.717, 1.165) is 58.7 Å². The number of aromatic nitrogens is 3. The number of hydrogen-bond acceptors (Lipinski definition) is 6. The van der Waals surface area contributed by atoms with Crippen molar-refractivity contribution in [2.45, 2.75) is 37.8 Å². The van der Waals surface area contributed by atoms with Gasteiger partial charge in [0.25, 0.3) is 5.91 Å². The van der Waals surface area contributed by atoms with Gasteiger partial charge >= 0.3 is 5.97 Å². The van der Waals surface area contributed by atoms with Crippen LogP contribution in [-0.2, 0) is 9.53 Å². The fraction of sp³-hybridized carbons (Fsp3) is 0.250. The lowest BCUT2D eigenvalue weighted by Crippen LogP contribution is -2.34. The molecule has 4 aromatic carbocycles. The summed E-state index contributed by atoms with van der Waals surface area (Å²) in [7, 11) is 3.68. The largest absolute Gasteiger partial charge is 0.461 e. The quantitative estimate of drug-likeness (QED) is 0.170. The molecule has 46 heavy (non-hydrogen) atoms. The normalized spacial score (nSPS) is 16.8. The molecule has 0 unspecified atom stereocenters. The van der Waals surface area contributed by atoms with Crippen LogP contribution in [0, 0.1) is 5.82 Å². The average molecular weight is 619 g/mol. The first kappa shape index (κ1) is 29.5. The van der Waals surface area contributed by atoms with Gasteiger partial charge in [-0.3, -0.25) is 14.5 Å². The predicted molar refractivity (Wildman–Crippen MR) is 179 cm³/mol. The Morgan fingerprint density at radius 1 is 1.00 bits per heavy atom. The minimum atomic E-state index is -0.508. The molecule has 0 bridgehead atoms. The molecule has 0 spiro atoms. The number of halogens is 1. The molecule has 0 saturated heterocycles. The maximum Gasteiger partial charge on any atom is 0.320 e. The van der Waals surface area contributed by atoms with Crippen LogP contribution >= 0.6 is 0 Å². The first-order valence-electron chi connectivity index (χ1n) is 15.5. The molecular formula is C36H35FN6O3. The number of esters is 1. The number of nitrogens with two attached hydrogens (primary N) is 1. The van der Waals surface area contributed by atoms with Crippen molar-refractivity contribution in [3.05, 3.63) is 90.2 Å². The highest BCUT2D eigenvalue weighted by molar-refractivity contribution is 6.15. The van der Waals surface area contributed by atoms with Gasteiger partial charge in [0.15, 0.2) is 0 Å². The number of hydrogen-bond donors (Lipinski definition) is 3. The summed E-state index contributed by atoms with van der Waals surface area (Å²) < 4.78 is 21.8. The monoisotopic (exact) mass is 618 g/mol. The number of carbonyl (C=O) groups excluding carboxylic acids is 2. The number of anilines is 1. The maximum atomic E-state index is 14.0. The number of nitrogens with zero attached hydrogens (tertiary/aromatic N) is 3. The van der Waals surface area contributed by atoms with E-state index in [1.165, 1.54) is 12.1 Å². The Bertz CT molecular complexity index is 2110. The summed E-state index contributed by atoms with van der Waals surface area (Å²) in [4.78, 5) is 34.6. The molecule has 9 nitrogen and oxygen atoms in total. The number of ether oxygens (including phenoxy) is 1. The van der Waals surface area contributed by atoms with Crippen LogP contribution in [-0.4, -0.2) is 64.1 Å². The number of primary amides is 1. The Kier molecular flexibility index (Phi) is 7.66. The van der Waals surface area contributed by atoms with Crippen molar-refractivity contribution in [1.29, 1.82) is 0 Å². The summed E-state index contributed by atoms with van der Waals surface area (Å²) in [5.41, 5.74) is 12.0. The molecule has 0 atom stereocenters. The van der Waals surface area contributed by atoms with Gasteiger partial charge in [0, 0.05) is 33.8 Å². The molecule has 1 fully saturated rings. The molecule has 2 aromatic heterocycles. The number of imidazole rings is 1. The highest BCUT2D eigenvalue weighted by Gasteiger charge is 2.26. The lowest BCUT2D eigenvalue weighted by molar-refractivity contribution is -0.151. The number of H-pyrrole nitrogens is 1. The van der Waals surface area contributed by atoms with Gasteiger partial charge in [-0.05, 0) is 88.3 Å². The van der Waals surface area contributed by atoms with Crippen molar-refractivity contribution in [2.24, 2.45) is 5.73 Å². The molecule has 0 aliphatic heterocycles. The van der Waals surface area contributed by atoms with Gasteiger partial charge in [-0.25, -0.2) is 9.37 Å². The number of likely N-dealkylation sites (N-methyl/N-ethyl adjacent to an activating group) is 1. The zero-order valence-corrected chi connectivity index (χ0v) is 25.7. The fourth-order valence-corrected chi connectivity index (χ4v) is 6.64. The van der Waals surface area contributed by atoms with Gasteiger partial charge in [-0.15, -0.1) is 0 Å². The smallest absolute Gasteiger partial charge is 0.320 e. The van der Waals surface area contributed by atoms with Crippen LogP contribution < -0.4 is 11.1 Å². The number of amides is 1. The van der Waals surface area contributed by atoms with E-state index < -0.39 is 5.91 Å². The Morgan fingerprint density at radius 2 is 1.78 bits per heavy atom. The average Bonchev–Trinajstić information content (AvgIpc) is 3.60. The lowest BCUT2D eigenvalue weighted by Gasteiger charge is -2.30. The maximum absolute atomic E-state index is 14.0. The molecule has 4 N–H and O–H groups in total. The van der Waals surface area contributed by atoms with Crippen LogP contribution in [0.1, 0.15) is 36.0 Å². The number of nitrogens with one attached hydrogen (secondary N) is 2. The molecular weight excluding hydrogens is 583 g/mol. The minimum Gasteiger partial charge on any atom is -0.461 e. The van der Waals surface area contributed by atoms with Gasteiger partial charge in [0.2, 0.25) is 0 Å². The van der Waals surface area contributed by atoms with Crippen molar-refractivity contribution in [2.75, 3.05) is 26.0 Å². The van der Waals surface area contributed by atoms with Crippen molar-refractivity contribution < 1.29 is 18.7 Å². The zero-order chi connectivity index (χ0) is 31.9. The number of aromatic amines is 1. The number of fused-ring (bicyclic) bond motifs is 4. The summed E-state index contributed by atoms with van der Waals surface area (Å²) in [6.07, 6.45) is 2.97. The Balaban J connectivity index is 1.25. The van der Waals surface area contributed by atoms with Gasteiger partial charge in [-0.2, -0.15) is 0 Å². The van der Waals surface area contributed by atoms with E-state index in [0.29, 0.717) is 28.1 Å². The first-order chi connectivity index (χ1) is 22.2. The van der Waals surface area contributed by atoms with Gasteiger partial charge < -0.3 is 25.3 Å². The molecule has 1 aliphatic carbocycles. The number of para-hydroxylation sites is 1. The lowest BCUT2D eigenvalue weighted by atomic mass is 9.92. The van der Waals surface area contributed by atoms with E-state index in [1.807, 2.05) is 50.5 Å². The second kappa shape index (κ2) is 11.9. The Hall–Kier alpha value is -5.22. The zero-order valence-electron chi connectivity index (χ0n) is 25.7. The van der Waals surface area contributed by atoms with Crippen molar-refractivity contribution >= 4 is 50.4 Å². The van der Waals surface area contributed by atoms with E-state index in [9.17, 15) is 14.0 Å².